The normalized spacial score (nSPS) is 31.4. The number of aromatic nitrogens is 2. The standard InChI is InChI=1S/C26H35BrFN5O/c1-16-14-19(28)23-21(16)24(30-15-29-23)32-10-12-33(13-11-32)25(34)22(17-4-6-18(27)7-5-17)20-8-9-26(2,3)31-20/h4,6-7,15-17,19-20,22,31H,5,8-14H2,1-3H3/t16-,17?,19-,20+,22+/m1/s1. The van der Waals surface area contributed by atoms with Crippen LogP contribution in [0.15, 0.2) is 29.0 Å². The van der Waals surface area contributed by atoms with Crippen LogP contribution in [0.3, 0.4) is 0 Å². The number of anilines is 1. The second-order valence-electron chi connectivity index (χ2n) is 11.0. The molecule has 0 aromatic carbocycles. The summed E-state index contributed by atoms with van der Waals surface area (Å²) in [5, 5.41) is 3.75. The van der Waals surface area contributed by atoms with Gasteiger partial charge in [0, 0.05) is 47.8 Å². The van der Waals surface area contributed by atoms with Crippen molar-refractivity contribution in [2.24, 2.45) is 11.8 Å². The van der Waals surface area contributed by atoms with Gasteiger partial charge in [0.05, 0.1) is 11.6 Å². The molecule has 34 heavy (non-hydrogen) atoms. The number of piperazine rings is 1. The number of alkyl halides is 1. The molecule has 1 unspecified atom stereocenters. The van der Waals surface area contributed by atoms with Gasteiger partial charge in [-0.2, -0.15) is 0 Å². The first-order valence-electron chi connectivity index (χ1n) is 12.6. The highest BCUT2D eigenvalue weighted by molar-refractivity contribution is 9.11. The predicted molar refractivity (Wildman–Crippen MR) is 136 cm³/mol. The minimum Gasteiger partial charge on any atom is -0.353 e. The number of carbonyl (C=O) groups excluding carboxylic acids is 1. The highest BCUT2D eigenvalue weighted by atomic mass is 79.9. The number of halogens is 2. The van der Waals surface area contributed by atoms with Gasteiger partial charge in [-0.25, -0.2) is 14.4 Å². The Hall–Kier alpha value is -1.80. The lowest BCUT2D eigenvalue weighted by atomic mass is 9.80. The van der Waals surface area contributed by atoms with Gasteiger partial charge in [0.2, 0.25) is 5.91 Å². The minimum absolute atomic E-state index is 0.0645. The maximum absolute atomic E-state index is 14.4. The van der Waals surface area contributed by atoms with E-state index in [4.69, 9.17) is 0 Å². The fourth-order valence-corrected chi connectivity index (χ4v) is 6.57. The summed E-state index contributed by atoms with van der Waals surface area (Å²) in [4.78, 5) is 26.9. The third-order valence-electron chi connectivity index (χ3n) is 8.06. The van der Waals surface area contributed by atoms with Crippen LogP contribution in [-0.4, -0.2) is 58.5 Å². The fraction of sp³-hybridized carbons (Fsp3) is 0.654. The molecule has 1 N–H and O–H groups in total. The Balaban J connectivity index is 1.31. The predicted octanol–water partition coefficient (Wildman–Crippen LogP) is 4.64. The lowest BCUT2D eigenvalue weighted by molar-refractivity contribution is -0.138. The lowest BCUT2D eigenvalue weighted by Gasteiger charge is -2.40. The van der Waals surface area contributed by atoms with Crippen LogP contribution >= 0.6 is 15.9 Å². The van der Waals surface area contributed by atoms with E-state index in [0.717, 1.165) is 35.1 Å². The van der Waals surface area contributed by atoms with Crippen molar-refractivity contribution >= 4 is 27.7 Å². The van der Waals surface area contributed by atoms with Gasteiger partial charge in [-0.15, -0.1) is 0 Å². The second kappa shape index (κ2) is 9.34. The van der Waals surface area contributed by atoms with Gasteiger partial charge in [0.1, 0.15) is 18.3 Å². The molecular formula is C26H35BrFN5O. The molecule has 2 saturated heterocycles. The molecule has 184 valence electrons. The molecule has 2 aliphatic carbocycles. The maximum atomic E-state index is 14.4. The lowest BCUT2D eigenvalue weighted by Crippen LogP contribution is -2.55. The molecule has 3 heterocycles. The molecular weight excluding hydrogens is 497 g/mol. The van der Waals surface area contributed by atoms with Crippen LogP contribution in [0.4, 0.5) is 10.2 Å². The number of amides is 1. The minimum atomic E-state index is -1.00. The van der Waals surface area contributed by atoms with Crippen LogP contribution in [0.1, 0.15) is 69.8 Å². The van der Waals surface area contributed by atoms with Gasteiger partial charge >= 0.3 is 0 Å². The first kappa shape index (κ1) is 23.9. The summed E-state index contributed by atoms with van der Waals surface area (Å²) >= 11 is 3.56. The highest BCUT2D eigenvalue weighted by Crippen LogP contribution is 2.45. The van der Waals surface area contributed by atoms with Crippen molar-refractivity contribution in [2.45, 2.75) is 70.1 Å². The third kappa shape index (κ3) is 4.55. The van der Waals surface area contributed by atoms with Crippen molar-refractivity contribution in [1.82, 2.24) is 20.2 Å². The average molecular weight is 533 g/mol. The summed E-state index contributed by atoms with van der Waals surface area (Å²) in [7, 11) is 0. The van der Waals surface area contributed by atoms with E-state index in [0.29, 0.717) is 38.3 Å². The number of carbonyl (C=O) groups is 1. The van der Waals surface area contributed by atoms with Crippen LogP contribution in [-0.2, 0) is 4.79 Å². The summed E-state index contributed by atoms with van der Waals surface area (Å²) in [6.45, 7) is 9.24. The zero-order valence-electron chi connectivity index (χ0n) is 20.3. The summed E-state index contributed by atoms with van der Waals surface area (Å²) in [5.74, 6) is 1.35. The van der Waals surface area contributed by atoms with E-state index in [1.54, 1.807) is 0 Å². The van der Waals surface area contributed by atoms with Crippen LogP contribution in [0.5, 0.6) is 0 Å². The molecule has 2 aliphatic heterocycles. The zero-order chi connectivity index (χ0) is 24.0. The molecule has 0 bridgehead atoms. The first-order chi connectivity index (χ1) is 16.2. The van der Waals surface area contributed by atoms with E-state index in [9.17, 15) is 9.18 Å². The van der Waals surface area contributed by atoms with Crippen LogP contribution < -0.4 is 10.2 Å². The number of hydrogen-bond acceptors (Lipinski definition) is 5. The number of fused-ring (bicyclic) bond motifs is 1. The van der Waals surface area contributed by atoms with Crippen molar-refractivity contribution in [2.75, 3.05) is 31.1 Å². The number of nitrogens with one attached hydrogen (secondary N) is 1. The highest BCUT2D eigenvalue weighted by Gasteiger charge is 2.43. The van der Waals surface area contributed by atoms with Crippen LogP contribution in [0, 0.1) is 11.8 Å². The van der Waals surface area contributed by atoms with E-state index in [2.05, 4.69) is 75.1 Å². The Bertz CT molecular complexity index is 1000. The van der Waals surface area contributed by atoms with E-state index in [1.807, 2.05) is 4.90 Å². The average Bonchev–Trinajstić information content (AvgIpc) is 3.33. The van der Waals surface area contributed by atoms with Gasteiger partial charge in [-0.3, -0.25) is 4.79 Å². The molecule has 6 nitrogen and oxygen atoms in total. The smallest absolute Gasteiger partial charge is 0.227 e. The van der Waals surface area contributed by atoms with Crippen molar-refractivity contribution < 1.29 is 9.18 Å². The number of nitrogens with zero attached hydrogens (tertiary/aromatic N) is 4. The molecule has 5 rings (SSSR count). The molecule has 1 amide bonds. The molecule has 0 saturated carbocycles. The molecule has 0 radical (unpaired) electrons. The van der Waals surface area contributed by atoms with Gasteiger partial charge in [-0.05, 0) is 51.4 Å². The molecule has 5 atom stereocenters. The Morgan fingerprint density at radius 2 is 2.03 bits per heavy atom. The van der Waals surface area contributed by atoms with Crippen LogP contribution in [0.2, 0.25) is 0 Å². The molecule has 1 aromatic rings. The number of allylic oxidation sites excluding steroid dienone is 4. The van der Waals surface area contributed by atoms with Gasteiger partial charge in [-0.1, -0.05) is 41.1 Å². The monoisotopic (exact) mass is 531 g/mol. The van der Waals surface area contributed by atoms with Crippen molar-refractivity contribution in [1.29, 1.82) is 0 Å². The maximum Gasteiger partial charge on any atom is 0.227 e. The summed E-state index contributed by atoms with van der Waals surface area (Å²) in [6, 6.07) is 0.188. The molecule has 0 spiro atoms. The van der Waals surface area contributed by atoms with Gasteiger partial charge in [0.15, 0.2) is 0 Å². The van der Waals surface area contributed by atoms with E-state index in [1.165, 1.54) is 6.33 Å². The largest absolute Gasteiger partial charge is 0.353 e. The molecule has 1 aromatic heterocycles. The van der Waals surface area contributed by atoms with E-state index < -0.39 is 6.17 Å². The van der Waals surface area contributed by atoms with Crippen molar-refractivity contribution in [3.8, 4) is 0 Å². The summed E-state index contributed by atoms with van der Waals surface area (Å²) in [6.07, 6.45) is 10.4. The van der Waals surface area contributed by atoms with E-state index >= 15 is 0 Å². The number of rotatable bonds is 4. The summed E-state index contributed by atoms with van der Waals surface area (Å²) < 4.78 is 15.5. The molecule has 4 aliphatic rings. The SMILES string of the molecule is C[C@@H]1C[C@@H](F)c2ncnc(N3CCN(C(=O)[C@@H](C4C=CC(Br)=CC4)[C@@H]4CCC(C)(C)N4)CC3)c21. The van der Waals surface area contributed by atoms with Gasteiger partial charge in [0.25, 0.3) is 0 Å². The van der Waals surface area contributed by atoms with Gasteiger partial charge < -0.3 is 15.1 Å². The Morgan fingerprint density at radius 1 is 1.26 bits per heavy atom. The Labute approximate surface area is 210 Å². The first-order valence-corrected chi connectivity index (χ1v) is 13.4. The topological polar surface area (TPSA) is 61.4 Å². The summed E-state index contributed by atoms with van der Waals surface area (Å²) in [5.41, 5.74) is 1.57. The molecule has 8 heteroatoms. The Kier molecular flexibility index (Phi) is 6.57. The second-order valence-corrected chi connectivity index (χ2v) is 11.9. The van der Waals surface area contributed by atoms with Crippen LogP contribution in [0.25, 0.3) is 0 Å². The fourth-order valence-electron chi connectivity index (χ4n) is 6.23. The Morgan fingerprint density at radius 3 is 2.68 bits per heavy atom. The molecule has 2 fully saturated rings. The van der Waals surface area contributed by atoms with Crippen molar-refractivity contribution in [3.63, 3.8) is 0 Å². The third-order valence-corrected chi connectivity index (χ3v) is 8.65. The number of hydrogen-bond donors (Lipinski definition) is 1. The zero-order valence-corrected chi connectivity index (χ0v) is 21.9. The quantitative estimate of drug-likeness (QED) is 0.612. The van der Waals surface area contributed by atoms with E-state index in [-0.39, 0.29) is 35.2 Å². The van der Waals surface area contributed by atoms with Crippen molar-refractivity contribution in [3.05, 3.63) is 40.3 Å².